The van der Waals surface area contributed by atoms with E-state index in [9.17, 15) is 39.6 Å². The number of rotatable bonds is 10. The molecule has 0 radical (unpaired) electrons. The summed E-state index contributed by atoms with van der Waals surface area (Å²) in [6.07, 6.45) is 0.248. The summed E-state index contributed by atoms with van der Waals surface area (Å²) in [6, 6.07) is 0. The first-order valence-electron chi connectivity index (χ1n) is 6.17. The van der Waals surface area contributed by atoms with Crippen LogP contribution in [-0.2, 0) is 19.2 Å². The maximum Gasteiger partial charge on any atom is 2.00 e. The molecule has 0 bridgehead atoms. The van der Waals surface area contributed by atoms with Gasteiger partial charge in [0, 0.05) is 11.9 Å². The SMILES string of the molecule is O=C([O-])CCCC(Cl)C(=O)[O-].O=C([O-])CCCC(Cl)C(=O)[O-].[Ca+2].[Ca+2]. The van der Waals surface area contributed by atoms with E-state index in [0.717, 1.165) is 0 Å². The van der Waals surface area contributed by atoms with Crippen LogP contribution < -0.4 is 20.4 Å². The van der Waals surface area contributed by atoms with Gasteiger partial charge in [0.25, 0.3) is 0 Å². The smallest absolute Gasteiger partial charge is 0.550 e. The summed E-state index contributed by atoms with van der Waals surface area (Å²) in [7, 11) is 0. The maximum absolute atomic E-state index is 9.97. The van der Waals surface area contributed by atoms with E-state index < -0.39 is 34.6 Å². The number of aliphatic carboxylic acids is 4. The first-order valence-corrected chi connectivity index (χ1v) is 7.04. The van der Waals surface area contributed by atoms with Crippen molar-refractivity contribution in [2.24, 2.45) is 0 Å². The van der Waals surface area contributed by atoms with Gasteiger partial charge in [-0.25, -0.2) is 0 Å². The van der Waals surface area contributed by atoms with Crippen LogP contribution in [0.1, 0.15) is 38.5 Å². The molecule has 0 saturated heterocycles. The zero-order chi connectivity index (χ0) is 17.7. The Labute approximate surface area is 208 Å². The number of hydrogen-bond donors (Lipinski definition) is 0. The second-order valence-electron chi connectivity index (χ2n) is 4.10. The van der Waals surface area contributed by atoms with Gasteiger partial charge in [-0.2, -0.15) is 0 Å². The van der Waals surface area contributed by atoms with Crippen molar-refractivity contribution in [3.05, 3.63) is 0 Å². The van der Waals surface area contributed by atoms with Crippen molar-refractivity contribution in [3.63, 3.8) is 0 Å². The molecule has 0 fully saturated rings. The number of halogens is 2. The van der Waals surface area contributed by atoms with Gasteiger partial charge in [-0.15, -0.1) is 23.2 Å². The van der Waals surface area contributed by atoms with E-state index in [1.54, 1.807) is 0 Å². The molecule has 8 nitrogen and oxygen atoms in total. The number of carboxylic acid groups (broad SMARTS) is 4. The minimum atomic E-state index is -1.37. The summed E-state index contributed by atoms with van der Waals surface area (Å²) in [5.41, 5.74) is 0. The molecule has 2 atom stereocenters. The molecule has 0 N–H and O–H groups in total. The normalized spacial score (nSPS) is 11.4. The van der Waals surface area contributed by atoms with E-state index in [4.69, 9.17) is 23.2 Å². The van der Waals surface area contributed by atoms with Crippen molar-refractivity contribution >= 4 is 123 Å². The number of alkyl halides is 2. The Balaban J connectivity index is -0.000000154. The van der Waals surface area contributed by atoms with Crippen LogP contribution in [0.4, 0.5) is 0 Å². The fraction of sp³-hybridized carbons (Fsp3) is 0.667. The van der Waals surface area contributed by atoms with Gasteiger partial charge >= 0.3 is 75.5 Å². The molecule has 0 aromatic carbocycles. The molecule has 24 heavy (non-hydrogen) atoms. The van der Waals surface area contributed by atoms with Crippen molar-refractivity contribution in [1.29, 1.82) is 0 Å². The molecule has 0 aliphatic rings. The summed E-state index contributed by atoms with van der Waals surface area (Å²) >= 11 is 10.4. The molecule has 128 valence electrons. The first-order chi connectivity index (χ1) is 10.1. The van der Waals surface area contributed by atoms with E-state index in [2.05, 4.69) is 0 Å². The first kappa shape index (κ1) is 32.6. The van der Waals surface area contributed by atoms with E-state index in [-0.39, 0.29) is 114 Å². The largest absolute Gasteiger partial charge is 2.00 e. The average Bonchev–Trinajstić information content (AvgIpc) is 2.38. The minimum absolute atomic E-state index is 0. The van der Waals surface area contributed by atoms with Crippen molar-refractivity contribution in [3.8, 4) is 0 Å². The van der Waals surface area contributed by atoms with Gasteiger partial charge < -0.3 is 39.6 Å². The van der Waals surface area contributed by atoms with Gasteiger partial charge in [0.2, 0.25) is 0 Å². The van der Waals surface area contributed by atoms with Gasteiger partial charge in [-0.1, -0.05) is 0 Å². The summed E-state index contributed by atoms with van der Waals surface area (Å²) in [6.45, 7) is 0. The predicted octanol–water partition coefficient (Wildman–Crippen LogP) is -4.23. The Kier molecular flexibility index (Phi) is 27.6. The van der Waals surface area contributed by atoms with Crippen LogP contribution in [0.3, 0.4) is 0 Å². The second-order valence-corrected chi connectivity index (χ2v) is 5.16. The number of carboxylic acids is 4. The molecule has 0 spiro atoms. The maximum atomic E-state index is 9.97. The van der Waals surface area contributed by atoms with Crippen molar-refractivity contribution in [2.45, 2.75) is 49.3 Å². The zero-order valence-corrected chi connectivity index (χ0v) is 18.8. The van der Waals surface area contributed by atoms with Gasteiger partial charge in [0.05, 0.1) is 22.7 Å². The summed E-state index contributed by atoms with van der Waals surface area (Å²) < 4.78 is 0. The van der Waals surface area contributed by atoms with Gasteiger partial charge in [0.1, 0.15) is 0 Å². The Bertz CT molecular complexity index is 359. The molecule has 0 aliphatic carbocycles. The second kappa shape index (κ2) is 20.3. The molecular formula is C12H14Ca2Cl2O8. The fourth-order valence-electron chi connectivity index (χ4n) is 1.09. The van der Waals surface area contributed by atoms with Crippen molar-refractivity contribution < 1.29 is 39.6 Å². The molecule has 12 heteroatoms. The summed E-state index contributed by atoms with van der Waals surface area (Å²) in [5.74, 6) is -5.14. The van der Waals surface area contributed by atoms with Crippen LogP contribution in [0, 0.1) is 0 Å². The fourth-order valence-corrected chi connectivity index (χ4v) is 1.40. The van der Waals surface area contributed by atoms with Gasteiger partial charge in [-0.05, 0) is 38.5 Å². The van der Waals surface area contributed by atoms with E-state index in [1.165, 1.54) is 0 Å². The Morgan fingerprint density at radius 1 is 0.667 bits per heavy atom. The topological polar surface area (TPSA) is 161 Å². The van der Waals surface area contributed by atoms with Crippen molar-refractivity contribution in [2.75, 3.05) is 0 Å². The van der Waals surface area contributed by atoms with Gasteiger partial charge in [-0.3, -0.25) is 0 Å². The van der Waals surface area contributed by atoms with E-state index in [0.29, 0.717) is 0 Å². The van der Waals surface area contributed by atoms with Crippen LogP contribution in [0.2, 0.25) is 0 Å². The number of carbonyl (C=O) groups excluding carboxylic acids is 4. The molecular weight excluding hydrogens is 423 g/mol. The molecule has 0 rings (SSSR count). The Morgan fingerprint density at radius 2 is 0.917 bits per heavy atom. The number of carbonyl (C=O) groups is 4. The molecule has 0 saturated carbocycles. The van der Waals surface area contributed by atoms with E-state index >= 15 is 0 Å². The summed E-state index contributed by atoms with van der Waals surface area (Å²) in [4.78, 5) is 39.6. The van der Waals surface area contributed by atoms with Crippen LogP contribution >= 0.6 is 23.2 Å². The van der Waals surface area contributed by atoms with Crippen LogP contribution in [-0.4, -0.2) is 110 Å². The molecule has 0 aliphatic heterocycles. The predicted molar refractivity (Wildman–Crippen MR) is 78.5 cm³/mol. The average molecular weight is 437 g/mol. The Hall–Kier alpha value is 0.979. The number of hydrogen-bond acceptors (Lipinski definition) is 8. The van der Waals surface area contributed by atoms with Gasteiger partial charge in [0.15, 0.2) is 0 Å². The third kappa shape index (κ3) is 25.2. The quantitative estimate of drug-likeness (QED) is 0.245. The third-order valence-electron chi connectivity index (χ3n) is 2.19. The molecule has 0 heterocycles. The zero-order valence-electron chi connectivity index (χ0n) is 12.8. The minimum Gasteiger partial charge on any atom is -0.550 e. The molecule has 0 amide bonds. The van der Waals surface area contributed by atoms with E-state index in [1.807, 2.05) is 0 Å². The van der Waals surface area contributed by atoms with Crippen LogP contribution in [0.5, 0.6) is 0 Å². The Morgan fingerprint density at radius 3 is 1.08 bits per heavy atom. The monoisotopic (exact) mass is 436 g/mol. The van der Waals surface area contributed by atoms with Crippen LogP contribution in [0.25, 0.3) is 0 Å². The van der Waals surface area contributed by atoms with Crippen molar-refractivity contribution in [1.82, 2.24) is 0 Å². The summed E-state index contributed by atoms with van der Waals surface area (Å²) in [5, 5.41) is 37.4. The molecule has 2 unspecified atom stereocenters. The standard InChI is InChI=1S/2C6H9ClO4.2Ca/c2*7-4(6(10)11)2-1-3-5(8)9;;/h2*4H,1-3H2,(H,8,9)(H,10,11);;/q;;2*+2/p-4. The third-order valence-corrected chi connectivity index (χ3v) is 2.98. The molecule has 0 aromatic rings. The molecule has 0 aromatic heterocycles. The van der Waals surface area contributed by atoms with Crippen LogP contribution in [0.15, 0.2) is 0 Å².